The lowest BCUT2D eigenvalue weighted by atomic mass is 10.1. The third kappa shape index (κ3) is 5.54. The standard InChI is InChI=1S/C8H14O2/c1-8(7-10)5-3-2-4-6-9/h9H,2-6H2,1H3. The van der Waals surface area contributed by atoms with Crippen molar-refractivity contribution in [1.82, 2.24) is 0 Å². The zero-order valence-electron chi connectivity index (χ0n) is 6.39. The molecule has 1 N–H and O–H groups in total. The van der Waals surface area contributed by atoms with Crippen LogP contribution in [-0.4, -0.2) is 17.7 Å². The second kappa shape index (κ2) is 6.53. The number of unbranched alkanes of at least 4 members (excludes halogenated alkanes) is 2. The molecule has 0 spiro atoms. The van der Waals surface area contributed by atoms with E-state index in [1.54, 1.807) is 6.92 Å². The molecule has 0 radical (unpaired) electrons. The van der Waals surface area contributed by atoms with Crippen LogP contribution < -0.4 is 0 Å². The topological polar surface area (TPSA) is 37.3 Å². The van der Waals surface area contributed by atoms with E-state index in [4.69, 9.17) is 5.11 Å². The molecule has 0 aromatic rings. The molecule has 0 aliphatic rings. The summed E-state index contributed by atoms with van der Waals surface area (Å²) in [4.78, 5) is 9.96. The number of allylic oxidation sites excluding steroid dienone is 1. The average molecular weight is 142 g/mol. The highest BCUT2D eigenvalue weighted by molar-refractivity contribution is 5.50. The number of aliphatic hydroxyl groups is 1. The third-order valence-electron chi connectivity index (χ3n) is 1.38. The van der Waals surface area contributed by atoms with Crippen molar-refractivity contribution < 1.29 is 9.90 Å². The molecule has 10 heavy (non-hydrogen) atoms. The molecule has 0 saturated heterocycles. The van der Waals surface area contributed by atoms with Crippen LogP contribution in [0.5, 0.6) is 0 Å². The van der Waals surface area contributed by atoms with Crippen LogP contribution in [0.15, 0.2) is 5.57 Å². The number of aliphatic hydroxyl groups excluding tert-OH is 1. The molecule has 0 unspecified atom stereocenters. The number of hydrogen-bond acceptors (Lipinski definition) is 2. The molecule has 0 aromatic carbocycles. The van der Waals surface area contributed by atoms with E-state index in [1.165, 1.54) is 0 Å². The van der Waals surface area contributed by atoms with E-state index >= 15 is 0 Å². The second-order valence-corrected chi connectivity index (χ2v) is 2.42. The van der Waals surface area contributed by atoms with Gasteiger partial charge in [-0.2, -0.15) is 0 Å². The van der Waals surface area contributed by atoms with Gasteiger partial charge in [0.15, 0.2) is 0 Å². The SMILES string of the molecule is CC(=C=O)CCCCCO. The Bertz CT molecular complexity index is 123. The maximum absolute atomic E-state index is 9.96. The zero-order valence-corrected chi connectivity index (χ0v) is 6.39. The van der Waals surface area contributed by atoms with Gasteiger partial charge in [-0.25, -0.2) is 4.79 Å². The summed E-state index contributed by atoms with van der Waals surface area (Å²) in [6, 6.07) is 0. The maximum Gasteiger partial charge on any atom is 0.123 e. The van der Waals surface area contributed by atoms with E-state index in [1.807, 2.05) is 5.94 Å². The van der Waals surface area contributed by atoms with Gasteiger partial charge in [-0.3, -0.25) is 0 Å². The van der Waals surface area contributed by atoms with Crippen LogP contribution in [0.2, 0.25) is 0 Å². The van der Waals surface area contributed by atoms with Gasteiger partial charge in [-0.05, 0) is 26.2 Å². The van der Waals surface area contributed by atoms with E-state index in [0.29, 0.717) is 0 Å². The molecular weight excluding hydrogens is 128 g/mol. The summed E-state index contributed by atoms with van der Waals surface area (Å²) in [5.74, 6) is 1.85. The fourth-order valence-corrected chi connectivity index (χ4v) is 0.730. The second-order valence-electron chi connectivity index (χ2n) is 2.42. The summed E-state index contributed by atoms with van der Waals surface area (Å²) in [5.41, 5.74) is 0.776. The Kier molecular flexibility index (Phi) is 6.14. The maximum atomic E-state index is 9.96. The van der Waals surface area contributed by atoms with Crippen LogP contribution in [0.25, 0.3) is 0 Å². The molecule has 58 valence electrons. The summed E-state index contributed by atoms with van der Waals surface area (Å²) in [5, 5.41) is 8.40. The Labute approximate surface area is 61.6 Å². The summed E-state index contributed by atoms with van der Waals surface area (Å²) in [6.07, 6.45) is 3.65. The fourth-order valence-electron chi connectivity index (χ4n) is 0.730. The van der Waals surface area contributed by atoms with Crippen LogP contribution in [-0.2, 0) is 4.79 Å². The molecule has 0 amide bonds. The average Bonchev–Trinajstić information content (AvgIpc) is 1.98. The Balaban J connectivity index is 3.12. The lowest BCUT2D eigenvalue weighted by molar-refractivity contribution is 0.283. The number of rotatable bonds is 5. The molecule has 0 rings (SSSR count). The minimum absolute atomic E-state index is 0.254. The van der Waals surface area contributed by atoms with Crippen molar-refractivity contribution in [2.24, 2.45) is 0 Å². The van der Waals surface area contributed by atoms with Gasteiger partial charge in [-0.15, -0.1) is 0 Å². The first-order valence-corrected chi connectivity index (χ1v) is 3.62. The molecule has 2 heteroatoms. The van der Waals surface area contributed by atoms with Crippen molar-refractivity contribution in [3.63, 3.8) is 0 Å². The van der Waals surface area contributed by atoms with Gasteiger partial charge in [-0.1, -0.05) is 6.42 Å². The predicted octanol–water partition coefficient (Wildman–Crippen LogP) is 1.32. The Morgan fingerprint density at radius 3 is 2.60 bits per heavy atom. The normalized spacial score (nSPS) is 9.00. The lowest BCUT2D eigenvalue weighted by Crippen LogP contribution is -1.84. The van der Waals surface area contributed by atoms with Crippen molar-refractivity contribution in [1.29, 1.82) is 0 Å². The van der Waals surface area contributed by atoms with Crippen molar-refractivity contribution in [2.75, 3.05) is 6.61 Å². The first-order valence-electron chi connectivity index (χ1n) is 3.62. The Hall–Kier alpha value is -0.590. The van der Waals surface area contributed by atoms with Crippen LogP contribution in [0.3, 0.4) is 0 Å². The molecule has 0 fully saturated rings. The Morgan fingerprint density at radius 2 is 2.10 bits per heavy atom. The first-order chi connectivity index (χ1) is 4.81. The summed E-state index contributed by atoms with van der Waals surface area (Å²) >= 11 is 0. The molecule has 0 bridgehead atoms. The van der Waals surface area contributed by atoms with E-state index in [9.17, 15) is 4.79 Å². The predicted molar refractivity (Wildman–Crippen MR) is 40.4 cm³/mol. The minimum Gasteiger partial charge on any atom is -0.396 e. The lowest BCUT2D eigenvalue weighted by Gasteiger charge is -1.95. The van der Waals surface area contributed by atoms with E-state index < -0.39 is 0 Å². The zero-order chi connectivity index (χ0) is 7.82. The van der Waals surface area contributed by atoms with Gasteiger partial charge in [0.25, 0.3) is 0 Å². The number of carbonyl (C=O) groups excluding carboxylic acids is 1. The highest BCUT2D eigenvalue weighted by Crippen LogP contribution is 2.04. The fraction of sp³-hybridized carbons (Fsp3) is 0.750. The van der Waals surface area contributed by atoms with Gasteiger partial charge >= 0.3 is 0 Å². The molecule has 0 aliphatic heterocycles. The summed E-state index contributed by atoms with van der Waals surface area (Å²) in [7, 11) is 0. The molecule has 0 heterocycles. The summed E-state index contributed by atoms with van der Waals surface area (Å²) in [6.45, 7) is 2.04. The van der Waals surface area contributed by atoms with Gasteiger partial charge < -0.3 is 5.11 Å². The van der Waals surface area contributed by atoms with Gasteiger partial charge in [0.05, 0.1) is 0 Å². The van der Waals surface area contributed by atoms with Crippen molar-refractivity contribution in [2.45, 2.75) is 32.6 Å². The van der Waals surface area contributed by atoms with E-state index in [0.717, 1.165) is 31.3 Å². The monoisotopic (exact) mass is 142 g/mol. The van der Waals surface area contributed by atoms with Crippen molar-refractivity contribution in [3.8, 4) is 0 Å². The smallest absolute Gasteiger partial charge is 0.123 e. The quantitative estimate of drug-likeness (QED) is 0.464. The van der Waals surface area contributed by atoms with E-state index in [2.05, 4.69) is 0 Å². The van der Waals surface area contributed by atoms with Crippen molar-refractivity contribution in [3.05, 3.63) is 5.57 Å². The first kappa shape index (κ1) is 9.41. The highest BCUT2D eigenvalue weighted by atomic mass is 16.2. The largest absolute Gasteiger partial charge is 0.396 e. The van der Waals surface area contributed by atoms with Crippen molar-refractivity contribution >= 4 is 5.94 Å². The third-order valence-corrected chi connectivity index (χ3v) is 1.38. The highest BCUT2D eigenvalue weighted by Gasteiger charge is 1.90. The van der Waals surface area contributed by atoms with Gasteiger partial charge in [0, 0.05) is 12.2 Å². The molecular formula is C8H14O2. The molecule has 0 saturated carbocycles. The van der Waals surface area contributed by atoms with Gasteiger partial charge in [0.2, 0.25) is 0 Å². The summed E-state index contributed by atoms with van der Waals surface area (Å²) < 4.78 is 0. The molecule has 0 atom stereocenters. The minimum atomic E-state index is 0.254. The number of hydrogen-bond donors (Lipinski definition) is 1. The van der Waals surface area contributed by atoms with Crippen LogP contribution in [0.4, 0.5) is 0 Å². The van der Waals surface area contributed by atoms with Crippen LogP contribution >= 0.6 is 0 Å². The van der Waals surface area contributed by atoms with Crippen LogP contribution in [0, 0.1) is 0 Å². The molecule has 0 aliphatic carbocycles. The Morgan fingerprint density at radius 1 is 1.40 bits per heavy atom. The van der Waals surface area contributed by atoms with Crippen LogP contribution in [0.1, 0.15) is 32.6 Å². The molecule has 2 nitrogen and oxygen atoms in total. The molecule has 0 aromatic heterocycles. The van der Waals surface area contributed by atoms with Gasteiger partial charge in [0.1, 0.15) is 5.94 Å². The van der Waals surface area contributed by atoms with E-state index in [-0.39, 0.29) is 6.61 Å².